The average molecular weight is 329 g/mol. The summed E-state index contributed by atoms with van der Waals surface area (Å²) < 4.78 is 0. The van der Waals surface area contributed by atoms with E-state index in [0.717, 1.165) is 56.7 Å². The summed E-state index contributed by atoms with van der Waals surface area (Å²) in [6.45, 7) is 10.2. The van der Waals surface area contributed by atoms with Gasteiger partial charge in [0.25, 0.3) is 0 Å². The van der Waals surface area contributed by atoms with Crippen LogP contribution in [0.15, 0.2) is 18.2 Å². The molecule has 0 heterocycles. The molecule has 0 aromatic heterocycles. The standard InChI is InChI=1S/C17H28N2O2.ClH/c1-4-7-11-18-15-8-9-16(17(20)21)14(13-15)10-12-19(5-2)6-3;/h8-9,13,18H,4-7,10-12H2,1-3H3,(H,20,21);1H. The maximum atomic E-state index is 11.3. The molecule has 0 spiro atoms. The maximum absolute atomic E-state index is 11.3. The summed E-state index contributed by atoms with van der Waals surface area (Å²) in [5.74, 6) is -0.843. The smallest absolute Gasteiger partial charge is 0.335 e. The number of carboxylic acids is 1. The minimum atomic E-state index is -0.843. The number of anilines is 1. The van der Waals surface area contributed by atoms with Gasteiger partial charge in [-0.25, -0.2) is 4.79 Å². The topological polar surface area (TPSA) is 52.6 Å². The number of hydrogen-bond donors (Lipinski definition) is 2. The predicted molar refractivity (Wildman–Crippen MR) is 95.5 cm³/mol. The zero-order valence-corrected chi connectivity index (χ0v) is 14.7. The molecule has 0 bridgehead atoms. The van der Waals surface area contributed by atoms with Crippen LogP contribution in [0.5, 0.6) is 0 Å². The number of hydrogen-bond acceptors (Lipinski definition) is 3. The first-order valence-corrected chi connectivity index (χ1v) is 7.94. The van der Waals surface area contributed by atoms with Gasteiger partial charge < -0.3 is 15.3 Å². The van der Waals surface area contributed by atoms with E-state index in [2.05, 4.69) is 31.0 Å². The predicted octanol–water partition coefficient (Wildman–Crippen LogP) is 3.90. The van der Waals surface area contributed by atoms with Gasteiger partial charge in [-0.15, -0.1) is 12.4 Å². The van der Waals surface area contributed by atoms with Gasteiger partial charge in [-0.3, -0.25) is 0 Å². The van der Waals surface area contributed by atoms with Gasteiger partial charge in [0.1, 0.15) is 0 Å². The van der Waals surface area contributed by atoms with Crippen molar-refractivity contribution in [1.29, 1.82) is 0 Å². The molecule has 1 aromatic carbocycles. The monoisotopic (exact) mass is 328 g/mol. The third-order valence-electron chi connectivity index (χ3n) is 3.79. The largest absolute Gasteiger partial charge is 0.478 e. The highest BCUT2D eigenvalue weighted by atomic mass is 35.5. The molecule has 0 radical (unpaired) electrons. The Hall–Kier alpha value is -1.26. The molecule has 0 unspecified atom stereocenters. The van der Waals surface area contributed by atoms with Gasteiger partial charge in [0.05, 0.1) is 5.56 Å². The van der Waals surface area contributed by atoms with Crippen molar-refractivity contribution in [2.75, 3.05) is 31.5 Å². The normalized spacial score (nSPS) is 10.4. The van der Waals surface area contributed by atoms with Crippen LogP contribution in [0.4, 0.5) is 5.69 Å². The summed E-state index contributed by atoms with van der Waals surface area (Å²) in [7, 11) is 0. The van der Waals surface area contributed by atoms with E-state index in [-0.39, 0.29) is 12.4 Å². The van der Waals surface area contributed by atoms with Crippen molar-refractivity contribution in [2.45, 2.75) is 40.0 Å². The number of aromatic carboxylic acids is 1. The second-order valence-corrected chi connectivity index (χ2v) is 5.23. The first kappa shape index (κ1) is 20.7. The molecule has 0 aliphatic carbocycles. The second-order valence-electron chi connectivity index (χ2n) is 5.23. The third kappa shape index (κ3) is 6.67. The fraction of sp³-hybridized carbons (Fsp3) is 0.588. The molecular weight excluding hydrogens is 300 g/mol. The van der Waals surface area contributed by atoms with Gasteiger partial charge in [-0.1, -0.05) is 27.2 Å². The van der Waals surface area contributed by atoms with E-state index in [1.165, 1.54) is 0 Å². The van der Waals surface area contributed by atoms with Gasteiger partial charge in [0, 0.05) is 18.8 Å². The highest BCUT2D eigenvalue weighted by Crippen LogP contribution is 2.17. The Bertz CT molecular complexity index is 448. The molecule has 1 aromatic rings. The number of carbonyl (C=O) groups is 1. The fourth-order valence-corrected chi connectivity index (χ4v) is 2.35. The summed E-state index contributed by atoms with van der Waals surface area (Å²) in [5.41, 5.74) is 2.35. The van der Waals surface area contributed by atoms with E-state index >= 15 is 0 Å². The molecule has 0 fully saturated rings. The number of likely N-dealkylation sites (N-methyl/N-ethyl adjacent to an activating group) is 1. The van der Waals surface area contributed by atoms with Crippen LogP contribution in [0.1, 0.15) is 49.5 Å². The Morgan fingerprint density at radius 3 is 2.45 bits per heavy atom. The molecular formula is C17H29ClN2O2. The number of rotatable bonds is 10. The number of halogens is 1. The van der Waals surface area contributed by atoms with Crippen LogP contribution in [0.25, 0.3) is 0 Å². The van der Waals surface area contributed by atoms with Gasteiger partial charge >= 0.3 is 5.97 Å². The number of nitrogens with zero attached hydrogens (tertiary/aromatic N) is 1. The van der Waals surface area contributed by atoms with Gasteiger partial charge in [0.2, 0.25) is 0 Å². The molecule has 5 heteroatoms. The molecule has 2 N–H and O–H groups in total. The quantitative estimate of drug-likeness (QED) is 0.639. The summed E-state index contributed by atoms with van der Waals surface area (Å²) in [6, 6.07) is 5.57. The Balaban J connectivity index is 0.00000441. The minimum absolute atomic E-state index is 0. The molecule has 4 nitrogen and oxygen atoms in total. The summed E-state index contributed by atoms with van der Waals surface area (Å²) >= 11 is 0. The van der Waals surface area contributed by atoms with E-state index < -0.39 is 5.97 Å². The summed E-state index contributed by atoms with van der Waals surface area (Å²) in [5, 5.41) is 12.7. The Labute approximate surface area is 140 Å². The number of carboxylic acid groups (broad SMARTS) is 1. The van der Waals surface area contributed by atoms with Gasteiger partial charge in [-0.05, 0) is 49.7 Å². The molecule has 126 valence electrons. The van der Waals surface area contributed by atoms with E-state index in [4.69, 9.17) is 0 Å². The highest BCUT2D eigenvalue weighted by Gasteiger charge is 2.11. The van der Waals surface area contributed by atoms with Crippen molar-refractivity contribution in [3.05, 3.63) is 29.3 Å². The Kier molecular flexibility index (Phi) is 10.7. The number of nitrogens with one attached hydrogen (secondary N) is 1. The average Bonchev–Trinajstić information content (AvgIpc) is 2.48. The van der Waals surface area contributed by atoms with Crippen molar-refractivity contribution >= 4 is 24.1 Å². The zero-order chi connectivity index (χ0) is 15.7. The first-order chi connectivity index (χ1) is 10.1. The van der Waals surface area contributed by atoms with Crippen molar-refractivity contribution in [3.8, 4) is 0 Å². The molecule has 22 heavy (non-hydrogen) atoms. The maximum Gasteiger partial charge on any atom is 0.335 e. The lowest BCUT2D eigenvalue weighted by Crippen LogP contribution is -2.25. The first-order valence-electron chi connectivity index (χ1n) is 7.94. The van der Waals surface area contributed by atoms with Gasteiger partial charge in [0.15, 0.2) is 0 Å². The molecule has 0 saturated carbocycles. The van der Waals surface area contributed by atoms with Crippen LogP contribution >= 0.6 is 12.4 Å². The van der Waals surface area contributed by atoms with Crippen molar-refractivity contribution < 1.29 is 9.90 Å². The van der Waals surface area contributed by atoms with Crippen molar-refractivity contribution in [1.82, 2.24) is 4.90 Å². The van der Waals surface area contributed by atoms with Crippen LogP contribution in [-0.4, -0.2) is 42.2 Å². The molecule has 0 atom stereocenters. The fourth-order valence-electron chi connectivity index (χ4n) is 2.35. The molecule has 0 aliphatic heterocycles. The lowest BCUT2D eigenvalue weighted by atomic mass is 10.0. The van der Waals surface area contributed by atoms with Crippen molar-refractivity contribution in [2.24, 2.45) is 0 Å². The van der Waals surface area contributed by atoms with E-state index in [0.29, 0.717) is 5.56 Å². The van der Waals surface area contributed by atoms with E-state index in [9.17, 15) is 9.90 Å². The van der Waals surface area contributed by atoms with Crippen LogP contribution in [0.2, 0.25) is 0 Å². The number of benzene rings is 1. The van der Waals surface area contributed by atoms with Crippen LogP contribution < -0.4 is 5.32 Å². The second kappa shape index (κ2) is 11.3. The SMILES string of the molecule is CCCCNc1ccc(C(=O)O)c(CCN(CC)CC)c1.Cl. The minimum Gasteiger partial charge on any atom is -0.478 e. The molecule has 0 amide bonds. The summed E-state index contributed by atoms with van der Waals surface area (Å²) in [4.78, 5) is 13.7. The Morgan fingerprint density at radius 2 is 1.91 bits per heavy atom. The van der Waals surface area contributed by atoms with E-state index in [1.807, 2.05) is 12.1 Å². The molecule has 0 aliphatic rings. The van der Waals surface area contributed by atoms with Crippen LogP contribution in [-0.2, 0) is 6.42 Å². The van der Waals surface area contributed by atoms with Crippen molar-refractivity contribution in [3.63, 3.8) is 0 Å². The lowest BCUT2D eigenvalue weighted by molar-refractivity contribution is 0.0695. The molecule has 1 rings (SSSR count). The van der Waals surface area contributed by atoms with E-state index in [1.54, 1.807) is 6.07 Å². The summed E-state index contributed by atoms with van der Waals surface area (Å²) in [6.07, 6.45) is 3.04. The van der Waals surface area contributed by atoms with Gasteiger partial charge in [-0.2, -0.15) is 0 Å². The van der Waals surface area contributed by atoms with Crippen LogP contribution in [0, 0.1) is 0 Å². The Morgan fingerprint density at radius 1 is 1.23 bits per heavy atom. The zero-order valence-electron chi connectivity index (χ0n) is 13.9. The third-order valence-corrected chi connectivity index (χ3v) is 3.79. The number of unbranched alkanes of at least 4 members (excludes halogenated alkanes) is 1. The lowest BCUT2D eigenvalue weighted by Gasteiger charge is -2.19. The highest BCUT2D eigenvalue weighted by molar-refractivity contribution is 5.90. The molecule has 0 saturated heterocycles. The van der Waals surface area contributed by atoms with Crippen LogP contribution in [0.3, 0.4) is 0 Å².